The topological polar surface area (TPSA) is 73.0 Å². The first-order chi connectivity index (χ1) is 21.6. The normalized spacial score (nSPS) is 29.1. The molecular formula is C21H36N4O3S. The lowest BCUT2D eigenvalue weighted by molar-refractivity contribution is -0.114. The monoisotopic (exact) mass is 444 g/mol. The fraction of sp³-hybridized carbons (Fsp3) is 0.667. The van der Waals surface area contributed by atoms with Crippen LogP contribution in [0, 0.1) is 5.89 Å². The van der Waals surface area contributed by atoms with Crippen LogP contribution in [0.25, 0.3) is 0 Å². The molecule has 1 heterocycles. The Bertz CT molecular complexity index is 1490. The number of sulfonamides is 1. The third-order valence-electron chi connectivity index (χ3n) is 3.71. The van der Waals surface area contributed by atoms with Crippen LogP contribution in [0.5, 0.6) is 0 Å². The second-order valence-corrected chi connectivity index (χ2v) is 7.44. The molecular weight excluding hydrogens is 388 g/mol. The molecule has 1 aromatic carbocycles. The molecule has 0 aliphatic carbocycles. The summed E-state index contributed by atoms with van der Waals surface area (Å²) in [6.07, 6.45) is -2.21. The van der Waals surface area contributed by atoms with Gasteiger partial charge in [-0.25, -0.2) is 12.7 Å². The molecule has 0 bridgehead atoms. The predicted octanol–water partition coefficient (Wildman–Crippen LogP) is 2.46. The number of hydrogen-bond acceptors (Lipinski definition) is 5. The second kappa shape index (κ2) is 10.9. The Balaban J connectivity index is 2.40. The molecule has 1 N–H and O–H groups in total. The van der Waals surface area contributed by atoms with Crippen molar-refractivity contribution in [3.63, 3.8) is 0 Å². The van der Waals surface area contributed by atoms with Crippen LogP contribution >= 0.6 is 0 Å². The van der Waals surface area contributed by atoms with Gasteiger partial charge in [0.1, 0.15) is 0 Å². The van der Waals surface area contributed by atoms with Crippen LogP contribution < -0.4 is 10.2 Å². The zero-order chi connectivity index (χ0) is 38.7. The van der Waals surface area contributed by atoms with E-state index in [-0.39, 0.29) is 43.6 Å². The van der Waals surface area contributed by atoms with Gasteiger partial charge in [-0.1, -0.05) is 19.8 Å². The molecule has 8 heteroatoms. The van der Waals surface area contributed by atoms with Gasteiger partial charge in [-0.2, -0.15) is 0 Å². The SMILES string of the molecule is [2H]c1cc([2H])c(N([2H])C(C)=O)c([2H])c1N1CCN(C([2H])([2H])CCC([2H])([2H])N(C([2H])([2H])[2H])S(=O)(=O)C([2H])([2H])C([2H])(C([2H])([2H])[2H])C([2H])([2H])[2H])CC1. The summed E-state index contributed by atoms with van der Waals surface area (Å²) in [5.74, 6) is -5.29. The van der Waals surface area contributed by atoms with Gasteiger partial charge >= 0.3 is 0 Å². The molecule has 1 saturated heterocycles. The van der Waals surface area contributed by atoms with Gasteiger partial charge in [0.25, 0.3) is 0 Å². The average molecular weight is 445 g/mol. The molecule has 1 aliphatic heterocycles. The van der Waals surface area contributed by atoms with Crippen molar-refractivity contribution in [2.24, 2.45) is 5.89 Å². The Morgan fingerprint density at radius 3 is 2.79 bits per heavy atom. The van der Waals surface area contributed by atoms with Crippen LogP contribution in [0.2, 0.25) is 1.41 Å². The van der Waals surface area contributed by atoms with E-state index >= 15 is 0 Å². The summed E-state index contributed by atoms with van der Waals surface area (Å²) in [5, 5.41) is 0.334. The van der Waals surface area contributed by atoms with Crippen LogP contribution in [0.3, 0.4) is 0 Å². The minimum absolute atomic E-state index is 0.0478. The summed E-state index contributed by atoms with van der Waals surface area (Å²) in [7, 11) is -6.50. The van der Waals surface area contributed by atoms with Crippen molar-refractivity contribution in [2.45, 2.75) is 33.5 Å². The fourth-order valence-corrected chi connectivity index (χ4v) is 3.07. The standard InChI is InChI=1S/C21H36N4O3S/c1-18(2)17-29(27,28)23(4)10-5-6-11-24-12-14-25(15-13-24)21-9-7-8-20(16-21)22-19(3)26/h7-9,16,18H,5-6,10-15,17H2,1-4H3,(H,22,26)/i1D3,2D3,4D3,8D,9D,10D2,11D2,16D,17D2,18D/hD. The quantitative estimate of drug-likeness (QED) is 0.600. The zero-order valence-electron chi connectivity index (χ0n) is 35.7. The number of benzene rings is 1. The first-order valence-corrected chi connectivity index (χ1v) is 10.0. The Kier molecular flexibility index (Phi) is 3.07. The molecule has 0 radical (unpaired) electrons. The zero-order valence-corrected chi connectivity index (χ0v) is 16.6. The highest BCUT2D eigenvalue weighted by Crippen LogP contribution is 2.21. The van der Waals surface area contributed by atoms with Gasteiger partial charge in [-0.15, -0.1) is 0 Å². The fourth-order valence-electron chi connectivity index (χ4n) is 2.46. The highest BCUT2D eigenvalue weighted by Gasteiger charge is 2.20. The molecule has 0 spiro atoms. The maximum Gasteiger partial charge on any atom is 0.221 e. The number of nitrogens with zero attached hydrogens (tertiary/aromatic N) is 3. The van der Waals surface area contributed by atoms with E-state index in [4.69, 9.17) is 27.5 Å². The number of carbonyl (C=O) groups excluding carboxylic acids is 1. The van der Waals surface area contributed by atoms with Crippen LogP contribution in [-0.2, 0) is 14.8 Å². The number of piperazine rings is 1. The average Bonchev–Trinajstić information content (AvgIpc) is 2.88. The van der Waals surface area contributed by atoms with E-state index < -0.39 is 90.4 Å². The molecule has 1 amide bonds. The number of hydrogen-bond donors (Lipinski definition) is 1. The minimum Gasteiger partial charge on any atom is -0.369 e. The Hall–Kier alpha value is -1.64. The number of anilines is 2. The first-order valence-electron chi connectivity index (χ1n) is 18.5. The van der Waals surface area contributed by atoms with Crippen molar-refractivity contribution in [2.75, 3.05) is 62.1 Å². The van der Waals surface area contributed by atoms with E-state index in [0.717, 1.165) is 17.9 Å². The molecule has 164 valence electrons. The summed E-state index contributed by atoms with van der Waals surface area (Å²) in [5.41, 5.74) is -5.18. The van der Waals surface area contributed by atoms with Crippen molar-refractivity contribution in [3.8, 4) is 0 Å². The number of amides is 1. The van der Waals surface area contributed by atoms with E-state index in [2.05, 4.69) is 0 Å². The molecule has 7 nitrogen and oxygen atoms in total. The molecule has 1 fully saturated rings. The lowest BCUT2D eigenvalue weighted by atomic mass is 10.2. The molecule has 29 heavy (non-hydrogen) atoms. The maximum absolute atomic E-state index is 13.5. The minimum atomic E-state index is -6.50. The van der Waals surface area contributed by atoms with E-state index in [1.165, 1.54) is 4.90 Å². The summed E-state index contributed by atoms with van der Waals surface area (Å²) in [6, 6.07) is -0.124. The third-order valence-corrected chi connectivity index (χ3v) is 4.78. The van der Waals surface area contributed by atoms with Crippen LogP contribution in [-0.4, -0.2) is 75.4 Å². The summed E-state index contributed by atoms with van der Waals surface area (Å²) >= 11 is 0. The molecule has 1 aromatic rings. The summed E-state index contributed by atoms with van der Waals surface area (Å²) in [4.78, 5) is 14.4. The van der Waals surface area contributed by atoms with Gasteiger partial charge in [0.2, 0.25) is 15.9 Å². The first kappa shape index (κ1) is 8.13. The van der Waals surface area contributed by atoms with Gasteiger partial charge in [0.15, 0.2) is 1.41 Å². The van der Waals surface area contributed by atoms with Crippen molar-refractivity contribution in [1.29, 1.82) is 0 Å². The Morgan fingerprint density at radius 1 is 1.38 bits per heavy atom. The highest BCUT2D eigenvalue weighted by molar-refractivity contribution is 7.89. The molecule has 0 unspecified atom stereocenters. The summed E-state index contributed by atoms with van der Waals surface area (Å²) in [6.45, 7) is -18.1. The van der Waals surface area contributed by atoms with Crippen molar-refractivity contribution in [1.82, 2.24) is 9.21 Å². The van der Waals surface area contributed by atoms with Crippen LogP contribution in [0.4, 0.5) is 11.4 Å². The number of rotatable bonds is 10. The molecule has 0 atom stereocenters. The van der Waals surface area contributed by atoms with Gasteiger partial charge in [0, 0.05) is 79.9 Å². The molecule has 0 saturated carbocycles. The lowest BCUT2D eigenvalue weighted by Crippen LogP contribution is -2.46. The lowest BCUT2D eigenvalue weighted by Gasteiger charge is -2.36. The number of carbonyl (C=O) groups is 1. The molecule has 2 rings (SSSR count). The van der Waals surface area contributed by atoms with Crippen molar-refractivity contribution < 1.29 is 40.7 Å². The van der Waals surface area contributed by atoms with Crippen molar-refractivity contribution >= 4 is 27.3 Å². The molecule has 0 aromatic heterocycles. The van der Waals surface area contributed by atoms with E-state index in [1.54, 1.807) is 0 Å². The van der Waals surface area contributed by atoms with Gasteiger partial charge < -0.3 is 10.2 Å². The van der Waals surface area contributed by atoms with E-state index in [0.29, 0.717) is 5.31 Å². The largest absolute Gasteiger partial charge is 0.369 e. The Labute approximate surface area is 204 Å². The summed E-state index contributed by atoms with van der Waals surface area (Å²) < 4.78 is 184. The van der Waals surface area contributed by atoms with Gasteiger partial charge in [0.05, 0.1) is 9.82 Å². The number of nitrogens with one attached hydrogen (secondary N) is 1. The third kappa shape index (κ3) is 7.95. The highest BCUT2D eigenvalue weighted by atomic mass is 32.2. The van der Waals surface area contributed by atoms with Crippen LogP contribution in [0.15, 0.2) is 24.2 Å². The van der Waals surface area contributed by atoms with E-state index in [1.807, 2.05) is 0 Å². The Morgan fingerprint density at radius 2 is 2.14 bits per heavy atom. The smallest absolute Gasteiger partial charge is 0.221 e. The van der Waals surface area contributed by atoms with Gasteiger partial charge in [-0.3, -0.25) is 9.69 Å². The second-order valence-electron chi connectivity index (χ2n) is 5.92. The predicted molar refractivity (Wildman–Crippen MR) is 120 cm³/mol. The van der Waals surface area contributed by atoms with Crippen molar-refractivity contribution in [3.05, 3.63) is 24.2 Å². The maximum atomic E-state index is 13.5. The van der Waals surface area contributed by atoms with E-state index in [9.17, 15) is 13.2 Å². The molecule has 1 aliphatic rings. The van der Waals surface area contributed by atoms with Gasteiger partial charge in [-0.05, 0) is 43.4 Å². The van der Waals surface area contributed by atoms with Crippen LogP contribution in [0.1, 0.15) is 59.5 Å².